The molecule has 2 N–H and O–H groups in total. The molecule has 7 nitrogen and oxygen atoms in total. The Morgan fingerprint density at radius 1 is 1.38 bits per heavy atom. The SMILES string of the molecule is CCOc1ccc(-c2nnnn2C2CC(OC)C2)cc1N. The molecule has 1 aromatic carbocycles. The van der Waals surface area contributed by atoms with Crippen molar-refractivity contribution in [3.05, 3.63) is 18.2 Å². The lowest BCUT2D eigenvalue weighted by molar-refractivity contribution is 0.00248. The van der Waals surface area contributed by atoms with E-state index in [1.54, 1.807) is 7.11 Å². The number of rotatable bonds is 5. The van der Waals surface area contributed by atoms with Gasteiger partial charge in [-0.25, -0.2) is 4.68 Å². The Kier molecular flexibility index (Phi) is 3.74. The highest BCUT2D eigenvalue weighted by Gasteiger charge is 2.33. The highest BCUT2D eigenvalue weighted by Crippen LogP contribution is 2.36. The second kappa shape index (κ2) is 5.69. The van der Waals surface area contributed by atoms with Gasteiger partial charge in [-0.05, 0) is 48.4 Å². The van der Waals surface area contributed by atoms with Crippen LogP contribution in [0.3, 0.4) is 0 Å². The van der Waals surface area contributed by atoms with Crippen molar-refractivity contribution < 1.29 is 9.47 Å². The van der Waals surface area contributed by atoms with E-state index in [-0.39, 0.29) is 6.04 Å². The van der Waals surface area contributed by atoms with Gasteiger partial charge in [0.25, 0.3) is 0 Å². The summed E-state index contributed by atoms with van der Waals surface area (Å²) in [4.78, 5) is 0. The second-order valence-electron chi connectivity index (χ2n) is 5.12. The van der Waals surface area contributed by atoms with Crippen molar-refractivity contribution in [1.82, 2.24) is 20.2 Å². The van der Waals surface area contributed by atoms with E-state index in [1.807, 2.05) is 29.8 Å². The molecule has 0 amide bonds. The number of methoxy groups -OCH3 is 1. The van der Waals surface area contributed by atoms with Gasteiger partial charge in [-0.1, -0.05) is 0 Å². The van der Waals surface area contributed by atoms with E-state index in [2.05, 4.69) is 15.5 Å². The Labute approximate surface area is 123 Å². The molecule has 3 rings (SSSR count). The molecule has 0 atom stereocenters. The maximum absolute atomic E-state index is 6.01. The zero-order valence-electron chi connectivity index (χ0n) is 12.2. The van der Waals surface area contributed by atoms with E-state index in [4.69, 9.17) is 15.2 Å². The lowest BCUT2D eigenvalue weighted by atomic mass is 9.89. The Morgan fingerprint density at radius 2 is 2.19 bits per heavy atom. The minimum Gasteiger partial charge on any atom is -0.492 e. The fourth-order valence-electron chi connectivity index (χ4n) is 2.53. The number of hydrogen-bond donors (Lipinski definition) is 1. The van der Waals surface area contributed by atoms with E-state index in [1.165, 1.54) is 0 Å². The van der Waals surface area contributed by atoms with Gasteiger partial charge in [0.1, 0.15) is 5.75 Å². The van der Waals surface area contributed by atoms with Gasteiger partial charge in [-0.15, -0.1) is 5.10 Å². The molecule has 0 spiro atoms. The molecule has 0 saturated heterocycles. The fourth-order valence-corrected chi connectivity index (χ4v) is 2.53. The monoisotopic (exact) mass is 289 g/mol. The molecule has 0 bridgehead atoms. The molecule has 1 aliphatic carbocycles. The van der Waals surface area contributed by atoms with Crippen molar-refractivity contribution in [2.45, 2.75) is 31.9 Å². The summed E-state index contributed by atoms with van der Waals surface area (Å²) < 4.78 is 12.6. The summed E-state index contributed by atoms with van der Waals surface area (Å²) in [6, 6.07) is 5.91. The first-order valence-electron chi connectivity index (χ1n) is 7.06. The normalized spacial score (nSPS) is 21.0. The fraction of sp³-hybridized carbons (Fsp3) is 0.500. The van der Waals surface area contributed by atoms with Gasteiger partial charge in [-0.2, -0.15) is 0 Å². The molecule has 7 heteroatoms. The number of ether oxygens (including phenoxy) is 2. The summed E-state index contributed by atoms with van der Waals surface area (Å²) in [6.07, 6.45) is 2.17. The number of aromatic nitrogens is 4. The average Bonchev–Trinajstić information content (AvgIpc) is 2.89. The highest BCUT2D eigenvalue weighted by atomic mass is 16.5. The van der Waals surface area contributed by atoms with Crippen molar-refractivity contribution in [2.24, 2.45) is 0 Å². The first-order valence-corrected chi connectivity index (χ1v) is 7.06. The van der Waals surface area contributed by atoms with Crippen LogP contribution in [0.1, 0.15) is 25.8 Å². The smallest absolute Gasteiger partial charge is 0.182 e. The molecular weight excluding hydrogens is 270 g/mol. The molecule has 112 valence electrons. The van der Waals surface area contributed by atoms with Crippen LogP contribution in [0, 0.1) is 0 Å². The summed E-state index contributed by atoms with van der Waals surface area (Å²) in [5.41, 5.74) is 7.49. The Morgan fingerprint density at radius 3 is 2.86 bits per heavy atom. The van der Waals surface area contributed by atoms with Crippen molar-refractivity contribution in [3.8, 4) is 17.1 Å². The molecule has 1 heterocycles. The molecule has 0 unspecified atom stereocenters. The van der Waals surface area contributed by atoms with Crippen LogP contribution in [0.5, 0.6) is 5.75 Å². The Balaban J connectivity index is 1.85. The molecular formula is C14H19N5O2. The summed E-state index contributed by atoms with van der Waals surface area (Å²) in [6.45, 7) is 2.51. The molecule has 1 saturated carbocycles. The van der Waals surface area contributed by atoms with Crippen LogP contribution in [-0.2, 0) is 4.74 Å². The van der Waals surface area contributed by atoms with Gasteiger partial charge in [-0.3, -0.25) is 0 Å². The van der Waals surface area contributed by atoms with Crippen molar-refractivity contribution in [1.29, 1.82) is 0 Å². The predicted molar refractivity (Wildman–Crippen MR) is 77.9 cm³/mol. The summed E-state index contributed by atoms with van der Waals surface area (Å²) in [7, 11) is 1.73. The first kappa shape index (κ1) is 13.8. The molecule has 0 radical (unpaired) electrons. The Bertz CT molecular complexity index is 622. The van der Waals surface area contributed by atoms with Gasteiger partial charge in [0.15, 0.2) is 5.82 Å². The zero-order chi connectivity index (χ0) is 14.8. The number of tetrazole rings is 1. The van der Waals surface area contributed by atoms with Crippen LogP contribution < -0.4 is 10.5 Å². The number of nitrogen functional groups attached to an aromatic ring is 1. The molecule has 2 aromatic rings. The maximum Gasteiger partial charge on any atom is 0.182 e. The zero-order valence-corrected chi connectivity index (χ0v) is 12.2. The molecule has 21 heavy (non-hydrogen) atoms. The van der Waals surface area contributed by atoms with Crippen LogP contribution in [0.2, 0.25) is 0 Å². The molecule has 1 aliphatic rings. The van der Waals surface area contributed by atoms with Crippen molar-refractivity contribution in [2.75, 3.05) is 19.5 Å². The average molecular weight is 289 g/mol. The third-order valence-corrected chi connectivity index (χ3v) is 3.81. The van der Waals surface area contributed by atoms with E-state index in [9.17, 15) is 0 Å². The van der Waals surface area contributed by atoms with Crippen LogP contribution in [0.25, 0.3) is 11.4 Å². The van der Waals surface area contributed by atoms with Gasteiger partial charge >= 0.3 is 0 Å². The van der Waals surface area contributed by atoms with E-state index in [0.717, 1.165) is 24.2 Å². The minimum atomic E-state index is 0.285. The highest BCUT2D eigenvalue weighted by molar-refractivity contribution is 5.66. The van der Waals surface area contributed by atoms with Crippen molar-refractivity contribution >= 4 is 5.69 Å². The standard InChI is InChI=1S/C14H19N5O2/c1-3-21-13-5-4-9(6-12(13)15)14-16-17-18-19(14)10-7-11(8-10)20-2/h4-6,10-11H,3,7-8,15H2,1-2H3. The quantitative estimate of drug-likeness (QED) is 0.842. The lowest BCUT2D eigenvalue weighted by Gasteiger charge is -2.34. The molecule has 1 fully saturated rings. The van der Waals surface area contributed by atoms with Gasteiger partial charge < -0.3 is 15.2 Å². The number of nitrogens with zero attached hydrogens (tertiary/aromatic N) is 4. The third-order valence-electron chi connectivity index (χ3n) is 3.81. The van der Waals surface area contributed by atoms with Crippen LogP contribution >= 0.6 is 0 Å². The number of benzene rings is 1. The van der Waals surface area contributed by atoms with Crippen LogP contribution in [0.4, 0.5) is 5.69 Å². The van der Waals surface area contributed by atoms with E-state index in [0.29, 0.717) is 24.1 Å². The number of nitrogens with two attached hydrogens (primary N) is 1. The molecule has 0 aliphatic heterocycles. The Hall–Kier alpha value is -2.15. The third kappa shape index (κ3) is 2.56. The summed E-state index contributed by atoms with van der Waals surface area (Å²) in [5.74, 6) is 1.41. The lowest BCUT2D eigenvalue weighted by Crippen LogP contribution is -2.33. The second-order valence-corrected chi connectivity index (χ2v) is 5.12. The molecule has 1 aromatic heterocycles. The summed E-state index contributed by atoms with van der Waals surface area (Å²) >= 11 is 0. The largest absolute Gasteiger partial charge is 0.492 e. The number of anilines is 1. The summed E-state index contributed by atoms with van der Waals surface area (Å²) in [5, 5.41) is 12.0. The predicted octanol–water partition coefficient (Wildman–Crippen LogP) is 1.67. The maximum atomic E-state index is 6.01. The first-order chi connectivity index (χ1) is 10.2. The van der Waals surface area contributed by atoms with Crippen molar-refractivity contribution in [3.63, 3.8) is 0 Å². The number of hydrogen-bond acceptors (Lipinski definition) is 6. The topological polar surface area (TPSA) is 88.1 Å². The van der Waals surface area contributed by atoms with E-state index >= 15 is 0 Å². The van der Waals surface area contributed by atoms with Crippen LogP contribution in [0.15, 0.2) is 18.2 Å². The minimum absolute atomic E-state index is 0.285. The van der Waals surface area contributed by atoms with Gasteiger partial charge in [0, 0.05) is 12.7 Å². The van der Waals surface area contributed by atoms with Crippen LogP contribution in [-0.4, -0.2) is 40.0 Å². The van der Waals surface area contributed by atoms with Gasteiger partial charge in [0.2, 0.25) is 0 Å². The van der Waals surface area contributed by atoms with E-state index < -0.39 is 0 Å². The van der Waals surface area contributed by atoms with Gasteiger partial charge in [0.05, 0.1) is 24.4 Å².